The van der Waals surface area contributed by atoms with Crippen LogP contribution in [0.15, 0.2) is 146 Å². The van der Waals surface area contributed by atoms with Crippen LogP contribution < -0.4 is 14.8 Å². The maximum absolute atomic E-state index is 13.4. The van der Waals surface area contributed by atoms with Crippen molar-refractivity contribution in [1.82, 2.24) is 27.6 Å². The summed E-state index contributed by atoms with van der Waals surface area (Å²) in [6, 6.07) is 38.9. The summed E-state index contributed by atoms with van der Waals surface area (Å²) in [4.78, 5) is 65.3. The first-order chi connectivity index (χ1) is 36.9. The molecule has 6 aromatic rings. The van der Waals surface area contributed by atoms with Crippen molar-refractivity contribution < 1.29 is 64.5 Å². The Balaban J connectivity index is 0.000000253. The minimum absolute atomic E-state index is 0. The van der Waals surface area contributed by atoms with Crippen LogP contribution in [0.2, 0.25) is 0 Å². The number of ether oxygens (including phenoxy) is 5. The fraction of sp³-hybridized carbons (Fsp3) is 0.327. The average Bonchev–Trinajstić information content (AvgIpc) is 4.13. The van der Waals surface area contributed by atoms with E-state index in [1.165, 1.54) is 18.5 Å². The summed E-state index contributed by atoms with van der Waals surface area (Å²) < 4.78 is 84.5. The van der Waals surface area contributed by atoms with Gasteiger partial charge in [-0.25, -0.2) is 41.4 Å². The Morgan fingerprint density at radius 2 is 0.846 bits per heavy atom. The molecule has 0 radical (unpaired) electrons. The lowest BCUT2D eigenvalue weighted by atomic mass is 9.89. The Morgan fingerprint density at radius 3 is 1.19 bits per heavy atom. The third-order valence-electron chi connectivity index (χ3n) is 12.3. The highest BCUT2D eigenvalue weighted by Gasteiger charge is 2.35. The smallest absolute Gasteiger partial charge is 0.422 e. The molecular formula is C55H63ClN6O14S2. The molecule has 0 spiro atoms. The van der Waals surface area contributed by atoms with Crippen molar-refractivity contribution in [2.45, 2.75) is 90.3 Å². The fourth-order valence-electron chi connectivity index (χ4n) is 8.56. The predicted octanol–water partition coefficient (Wildman–Crippen LogP) is 8.73. The molecular weight excluding hydrogens is 1070 g/mol. The minimum Gasteiger partial charge on any atom is -0.456 e. The van der Waals surface area contributed by atoms with Crippen LogP contribution in [0.25, 0.3) is 0 Å². The van der Waals surface area contributed by atoms with Crippen molar-refractivity contribution in [2.75, 3.05) is 26.2 Å². The summed E-state index contributed by atoms with van der Waals surface area (Å²) in [5.41, 5.74) is 2.93. The first-order valence-corrected chi connectivity index (χ1v) is 27.8. The van der Waals surface area contributed by atoms with E-state index in [2.05, 4.69) is 5.32 Å². The molecule has 3 amide bonds. The van der Waals surface area contributed by atoms with E-state index < -0.39 is 56.2 Å². The predicted molar refractivity (Wildman–Crippen MR) is 290 cm³/mol. The van der Waals surface area contributed by atoms with Gasteiger partial charge in [0.2, 0.25) is 0 Å². The van der Waals surface area contributed by atoms with Gasteiger partial charge in [0.1, 0.15) is 43.4 Å². The molecule has 78 heavy (non-hydrogen) atoms. The molecule has 2 aliphatic rings. The molecule has 2 aromatic heterocycles. The number of rotatable bonds is 16. The first kappa shape index (κ1) is 59.6. The molecule has 2 aliphatic heterocycles. The standard InChI is InChI=1S/C30H35N3O8S.C25H27N3O6S.ClH/c1-30(2,3)41-29(36)32-17-14-24(15-18-32)25-16-19-33(26(25)27(34)39-20-22-10-6-4-7-11-22)42(37,38)31-28(35)40-21-23-12-8-5-9-13-23;29-24(33-17-19-7-3-1-4-8-19)23-22(21-11-14-26-15-12-21)13-16-28(23)35(31,32)27-25(30)34-18-20-9-5-2-6-10-20;/h4-13,16,19,24H,14-15,17-18,20-21H2,1-3H3,(H,31,35);1-10,13,16,21,26H,11-12,14-15,17-18H2,(H,27,30);1H. The zero-order valence-electron chi connectivity index (χ0n) is 43.3. The second-order valence-electron chi connectivity index (χ2n) is 19.1. The van der Waals surface area contributed by atoms with E-state index in [-0.39, 0.29) is 62.1 Å². The lowest BCUT2D eigenvalue weighted by Gasteiger charge is -2.33. The first-order valence-electron chi connectivity index (χ1n) is 24.9. The normalized spacial score (nSPS) is 14.1. The third-order valence-corrected chi connectivity index (χ3v) is 14.8. The van der Waals surface area contributed by atoms with Crippen LogP contribution in [0.4, 0.5) is 14.4 Å². The van der Waals surface area contributed by atoms with Crippen LogP contribution in [0, 0.1) is 0 Å². The van der Waals surface area contributed by atoms with E-state index in [9.17, 15) is 40.8 Å². The summed E-state index contributed by atoms with van der Waals surface area (Å²) in [5, 5.41) is 3.26. The number of hydrogen-bond acceptors (Lipinski definition) is 15. The molecule has 2 saturated heterocycles. The van der Waals surface area contributed by atoms with E-state index in [4.69, 9.17) is 23.7 Å². The maximum atomic E-state index is 13.4. The van der Waals surface area contributed by atoms with Crippen molar-refractivity contribution in [3.63, 3.8) is 0 Å². The van der Waals surface area contributed by atoms with Crippen LogP contribution in [-0.2, 0) is 70.5 Å². The van der Waals surface area contributed by atoms with Crippen molar-refractivity contribution in [3.8, 4) is 0 Å². The number of nitrogens with one attached hydrogen (secondary N) is 3. The molecule has 0 atom stereocenters. The average molecular weight is 1130 g/mol. The van der Waals surface area contributed by atoms with Crippen molar-refractivity contribution in [3.05, 3.63) is 191 Å². The zero-order chi connectivity index (χ0) is 55.0. The van der Waals surface area contributed by atoms with Gasteiger partial charge < -0.3 is 33.9 Å². The molecule has 0 saturated carbocycles. The summed E-state index contributed by atoms with van der Waals surface area (Å²) in [6.45, 7) is 7.29. The highest BCUT2D eigenvalue weighted by molar-refractivity contribution is 7.88. The summed E-state index contributed by atoms with van der Waals surface area (Å²) in [5.74, 6) is -1.91. The van der Waals surface area contributed by atoms with E-state index in [1.54, 1.807) is 123 Å². The van der Waals surface area contributed by atoms with Gasteiger partial charge in [-0.05, 0) is 117 Å². The Morgan fingerprint density at radius 1 is 0.513 bits per heavy atom. The second-order valence-corrected chi connectivity index (χ2v) is 22.2. The number of esters is 2. The summed E-state index contributed by atoms with van der Waals surface area (Å²) in [7, 11) is -9.04. The van der Waals surface area contributed by atoms with Gasteiger partial charge in [0, 0.05) is 25.5 Å². The van der Waals surface area contributed by atoms with E-state index >= 15 is 0 Å². The van der Waals surface area contributed by atoms with Gasteiger partial charge in [-0.2, -0.15) is 16.8 Å². The Labute approximate surface area is 460 Å². The van der Waals surface area contributed by atoms with Gasteiger partial charge in [0.25, 0.3) is 0 Å². The Hall–Kier alpha value is -7.66. The number of nitrogens with zero attached hydrogens (tertiary/aromatic N) is 3. The Kier molecular flexibility index (Phi) is 21.1. The van der Waals surface area contributed by atoms with Crippen molar-refractivity contribution >= 4 is 63.0 Å². The number of amides is 3. The van der Waals surface area contributed by atoms with Crippen LogP contribution >= 0.6 is 12.4 Å². The van der Waals surface area contributed by atoms with Crippen molar-refractivity contribution in [1.29, 1.82) is 0 Å². The lowest BCUT2D eigenvalue weighted by molar-refractivity contribution is 0.0202. The monoisotopic (exact) mass is 1130 g/mol. The quantitative estimate of drug-likeness (QED) is 0.0605. The molecule has 0 aliphatic carbocycles. The molecule has 3 N–H and O–H groups in total. The number of carbonyl (C=O) groups is 5. The SMILES string of the molecule is CC(C)(C)OC(=O)N1CCC(c2ccn(S(=O)(=O)NC(=O)OCc3ccccc3)c2C(=O)OCc2ccccc2)CC1.Cl.O=C(NS(=O)(=O)n1ccc(C2CCNCC2)c1C(=O)OCc1ccccc1)OCc1ccccc1. The fourth-order valence-corrected chi connectivity index (χ4v) is 10.6. The molecule has 8 rings (SSSR count). The van der Waals surface area contributed by atoms with Gasteiger partial charge >= 0.3 is 50.6 Å². The highest BCUT2D eigenvalue weighted by Crippen LogP contribution is 2.34. The van der Waals surface area contributed by atoms with Gasteiger partial charge in [-0.1, -0.05) is 121 Å². The molecule has 4 heterocycles. The van der Waals surface area contributed by atoms with E-state index in [0.717, 1.165) is 41.0 Å². The van der Waals surface area contributed by atoms with Crippen LogP contribution in [0.3, 0.4) is 0 Å². The maximum Gasteiger partial charge on any atom is 0.422 e. The summed E-state index contributed by atoms with van der Waals surface area (Å²) >= 11 is 0. The molecule has 0 unspecified atom stereocenters. The number of aromatic nitrogens is 2. The number of hydrogen-bond donors (Lipinski definition) is 3. The van der Waals surface area contributed by atoms with Gasteiger partial charge in [0.15, 0.2) is 0 Å². The van der Waals surface area contributed by atoms with Crippen LogP contribution in [0.5, 0.6) is 0 Å². The number of carbonyl (C=O) groups excluding carboxylic acids is 5. The second kappa shape index (κ2) is 27.6. The third kappa shape index (κ3) is 16.9. The molecule has 20 nitrogen and oxygen atoms in total. The van der Waals surface area contributed by atoms with Crippen LogP contribution in [-0.4, -0.2) is 91.7 Å². The minimum atomic E-state index is -4.58. The topological polar surface area (TPSA) is 249 Å². The highest BCUT2D eigenvalue weighted by atomic mass is 35.5. The lowest BCUT2D eigenvalue weighted by Crippen LogP contribution is -2.41. The number of benzene rings is 4. The van der Waals surface area contributed by atoms with Gasteiger partial charge in [0.05, 0.1) is 0 Å². The van der Waals surface area contributed by atoms with E-state index in [1.807, 2.05) is 39.8 Å². The van der Waals surface area contributed by atoms with Gasteiger partial charge in [-0.3, -0.25) is 0 Å². The van der Waals surface area contributed by atoms with E-state index in [0.29, 0.717) is 52.2 Å². The summed E-state index contributed by atoms with van der Waals surface area (Å²) in [6.07, 6.45) is 2.14. The largest absolute Gasteiger partial charge is 0.456 e. The Bertz CT molecular complexity index is 3180. The van der Waals surface area contributed by atoms with Crippen LogP contribution in [0.1, 0.15) is 113 Å². The number of halogens is 1. The molecule has 0 bridgehead atoms. The zero-order valence-corrected chi connectivity index (χ0v) is 45.7. The van der Waals surface area contributed by atoms with Gasteiger partial charge in [-0.15, -0.1) is 12.4 Å². The number of likely N-dealkylation sites (tertiary alicyclic amines) is 1. The molecule has 23 heteroatoms. The molecule has 4 aromatic carbocycles. The van der Waals surface area contributed by atoms with Crippen molar-refractivity contribution in [2.24, 2.45) is 0 Å². The number of piperidine rings is 2. The molecule has 2 fully saturated rings. The molecule has 416 valence electrons.